The number of carbonyl (C=O) groups is 1. The molecule has 136 valence electrons. The van der Waals surface area contributed by atoms with Gasteiger partial charge in [-0.2, -0.15) is 0 Å². The molecule has 1 saturated heterocycles. The van der Waals surface area contributed by atoms with Crippen molar-refractivity contribution in [1.29, 1.82) is 0 Å². The van der Waals surface area contributed by atoms with E-state index in [4.69, 9.17) is 9.47 Å². The first-order valence-corrected chi connectivity index (χ1v) is 9.12. The Balaban J connectivity index is 1.76. The summed E-state index contributed by atoms with van der Waals surface area (Å²) in [6, 6.07) is 13.7. The minimum absolute atomic E-state index is 0.0927. The molecule has 0 radical (unpaired) electrons. The van der Waals surface area contributed by atoms with E-state index in [1.54, 1.807) is 7.11 Å². The van der Waals surface area contributed by atoms with Crippen LogP contribution < -0.4 is 9.22 Å². The van der Waals surface area contributed by atoms with Crippen LogP contribution in [0.25, 0.3) is 0 Å². The smallest absolute Gasteiger partial charge is 0.205 e. The number of para-hydroxylation sites is 1. The Morgan fingerprint density at radius 3 is 2.73 bits per heavy atom. The Morgan fingerprint density at radius 2 is 1.96 bits per heavy atom. The third kappa shape index (κ3) is 2.82. The first kappa shape index (κ1) is 17.2. The molecule has 0 amide bonds. The maximum Gasteiger partial charge on any atom is 0.205 e. The lowest BCUT2D eigenvalue weighted by Crippen LogP contribution is -2.50. The van der Waals surface area contributed by atoms with Gasteiger partial charge in [-0.25, -0.2) is 0 Å². The summed E-state index contributed by atoms with van der Waals surface area (Å²) in [6.45, 7) is 4.38. The summed E-state index contributed by atoms with van der Waals surface area (Å²) in [7, 11) is 3.85. The summed E-state index contributed by atoms with van der Waals surface area (Å²) in [6.07, 6.45) is 1.07. The first-order chi connectivity index (χ1) is 12.6. The molecule has 0 bridgehead atoms. The van der Waals surface area contributed by atoms with Crippen LogP contribution in [0, 0.1) is 0 Å². The molecule has 1 unspecified atom stereocenters. The molecule has 0 N–H and O–H groups in total. The minimum Gasteiger partial charge on any atom is -0.497 e. The zero-order chi connectivity index (χ0) is 18.1. The second-order valence-electron chi connectivity index (χ2n) is 7.15. The van der Waals surface area contributed by atoms with Gasteiger partial charge in [0, 0.05) is 25.3 Å². The van der Waals surface area contributed by atoms with Crippen LogP contribution in [-0.4, -0.2) is 57.8 Å². The third-order valence-electron chi connectivity index (χ3n) is 5.56. The fraction of sp³-hybridized carbons (Fsp3) is 0.381. The number of carbonyl (C=O) groups excluding carboxylic acids is 1. The summed E-state index contributed by atoms with van der Waals surface area (Å²) in [5.74, 6) is 0.872. The third-order valence-corrected chi connectivity index (χ3v) is 5.56. The fourth-order valence-corrected chi connectivity index (χ4v) is 4.02. The van der Waals surface area contributed by atoms with Gasteiger partial charge < -0.3 is 9.47 Å². The van der Waals surface area contributed by atoms with Crippen LogP contribution >= 0.6 is 0 Å². The summed E-state index contributed by atoms with van der Waals surface area (Å²) in [5, 5.41) is 0. The van der Waals surface area contributed by atoms with Crippen LogP contribution in [0.1, 0.15) is 22.3 Å². The molecule has 2 aliphatic rings. The zero-order valence-corrected chi connectivity index (χ0v) is 15.4. The minimum atomic E-state index is 0.0927. The summed E-state index contributed by atoms with van der Waals surface area (Å²) in [5.41, 5.74) is 3.62. The molecule has 2 aromatic rings. The number of hydrogen-bond donors (Lipinski definition) is 0. The number of quaternary nitrogens is 1. The van der Waals surface area contributed by atoms with Crippen molar-refractivity contribution in [3.8, 4) is 5.75 Å². The average Bonchev–Trinajstić information content (AvgIpc) is 2.71. The van der Waals surface area contributed by atoms with Gasteiger partial charge in [-0.3, -0.25) is 14.2 Å². The summed E-state index contributed by atoms with van der Waals surface area (Å²) in [4.78, 5) is 15.4. The van der Waals surface area contributed by atoms with Crippen molar-refractivity contribution in [2.24, 2.45) is 0 Å². The number of methoxy groups -OCH3 is 1. The Bertz CT molecular complexity index is 830. The molecule has 1 atom stereocenters. The van der Waals surface area contributed by atoms with E-state index >= 15 is 0 Å². The van der Waals surface area contributed by atoms with Gasteiger partial charge in [0.1, 0.15) is 18.0 Å². The van der Waals surface area contributed by atoms with Crippen LogP contribution in [0.4, 0.5) is 11.4 Å². The van der Waals surface area contributed by atoms with Crippen LogP contribution in [-0.2, 0) is 4.74 Å². The highest BCUT2D eigenvalue weighted by molar-refractivity contribution is 6.18. The van der Waals surface area contributed by atoms with E-state index < -0.39 is 0 Å². The van der Waals surface area contributed by atoms with Crippen molar-refractivity contribution in [1.82, 2.24) is 9.38 Å². The van der Waals surface area contributed by atoms with Gasteiger partial charge in [0.25, 0.3) is 0 Å². The van der Waals surface area contributed by atoms with Gasteiger partial charge >= 0.3 is 0 Å². The Labute approximate surface area is 154 Å². The van der Waals surface area contributed by atoms with E-state index in [9.17, 15) is 4.79 Å². The van der Waals surface area contributed by atoms with E-state index in [1.807, 2.05) is 36.4 Å². The maximum atomic E-state index is 13.0. The lowest BCUT2D eigenvalue weighted by atomic mass is 9.92. The molecule has 0 aromatic heterocycles. The summed E-state index contributed by atoms with van der Waals surface area (Å²) >= 11 is 0. The molecule has 2 aliphatic heterocycles. The number of likely N-dealkylation sites (N-methyl/N-ethyl adjacent to an activating group) is 1. The molecule has 4 rings (SSSR count). The van der Waals surface area contributed by atoms with Gasteiger partial charge in [-0.15, -0.1) is 0 Å². The van der Waals surface area contributed by atoms with Crippen LogP contribution in [0.3, 0.4) is 0 Å². The lowest BCUT2D eigenvalue weighted by molar-refractivity contribution is -0.0145. The SMILES string of the molecule is COc1ccc2c(c1)[N+](C)(CCN1CCCOC1)c1ccccc1C2=O. The second kappa shape index (κ2) is 6.83. The number of ether oxygens (including phenoxy) is 2. The molecule has 2 aromatic carbocycles. The van der Waals surface area contributed by atoms with E-state index in [0.717, 1.165) is 60.9 Å². The number of benzene rings is 2. The average molecular weight is 353 g/mol. The zero-order valence-electron chi connectivity index (χ0n) is 15.4. The van der Waals surface area contributed by atoms with Crippen molar-refractivity contribution < 1.29 is 14.3 Å². The Hall–Kier alpha value is -2.21. The number of hydrogen-bond acceptors (Lipinski definition) is 4. The number of rotatable bonds is 4. The molecule has 5 heteroatoms. The second-order valence-corrected chi connectivity index (χ2v) is 7.15. The predicted octanol–water partition coefficient (Wildman–Crippen LogP) is 3.19. The van der Waals surface area contributed by atoms with E-state index in [2.05, 4.69) is 18.0 Å². The van der Waals surface area contributed by atoms with Crippen LogP contribution in [0.5, 0.6) is 5.75 Å². The molecule has 5 nitrogen and oxygen atoms in total. The van der Waals surface area contributed by atoms with Crippen molar-refractivity contribution in [2.45, 2.75) is 6.42 Å². The van der Waals surface area contributed by atoms with Crippen molar-refractivity contribution >= 4 is 17.2 Å². The van der Waals surface area contributed by atoms with Crippen molar-refractivity contribution in [3.63, 3.8) is 0 Å². The standard InChI is InChI=1S/C21H25N2O3/c1-23(12-11-22-10-5-13-26-15-22)19-7-4-3-6-17(19)21(24)18-9-8-16(25-2)14-20(18)23/h3-4,6-9,14H,5,10-13,15H2,1-2H3/q+1. The van der Waals surface area contributed by atoms with Crippen molar-refractivity contribution in [3.05, 3.63) is 53.6 Å². The van der Waals surface area contributed by atoms with Crippen molar-refractivity contribution in [2.75, 3.05) is 47.1 Å². The Kier molecular flexibility index (Phi) is 4.53. The summed E-state index contributed by atoms with van der Waals surface area (Å²) < 4.78 is 11.6. The topological polar surface area (TPSA) is 38.8 Å². The maximum absolute atomic E-state index is 13.0. The van der Waals surface area contributed by atoms with Crippen LogP contribution in [0.15, 0.2) is 42.5 Å². The van der Waals surface area contributed by atoms with Gasteiger partial charge in [0.15, 0.2) is 5.69 Å². The molecule has 0 spiro atoms. The van der Waals surface area contributed by atoms with Gasteiger partial charge in [-0.05, 0) is 24.6 Å². The number of fused-ring (bicyclic) bond motifs is 2. The van der Waals surface area contributed by atoms with Gasteiger partial charge in [0.05, 0.1) is 38.6 Å². The first-order valence-electron chi connectivity index (χ1n) is 9.12. The normalized spacial score (nSPS) is 22.6. The highest BCUT2D eigenvalue weighted by atomic mass is 16.5. The van der Waals surface area contributed by atoms with Crippen LogP contribution in [0.2, 0.25) is 0 Å². The molecule has 2 heterocycles. The largest absolute Gasteiger partial charge is 0.497 e. The monoisotopic (exact) mass is 353 g/mol. The van der Waals surface area contributed by atoms with E-state index in [-0.39, 0.29) is 5.78 Å². The number of nitrogens with zero attached hydrogens (tertiary/aromatic N) is 2. The molecular formula is C21H25N2O3+. The molecule has 1 fully saturated rings. The van der Waals surface area contributed by atoms with Gasteiger partial charge in [0.2, 0.25) is 5.78 Å². The Morgan fingerprint density at radius 1 is 1.15 bits per heavy atom. The molecule has 26 heavy (non-hydrogen) atoms. The molecule has 0 saturated carbocycles. The lowest BCUT2D eigenvalue weighted by Gasteiger charge is -2.40. The molecule has 0 aliphatic carbocycles. The predicted molar refractivity (Wildman–Crippen MR) is 102 cm³/mol. The van der Waals surface area contributed by atoms with E-state index in [0.29, 0.717) is 11.2 Å². The molecular weight excluding hydrogens is 328 g/mol. The fourth-order valence-electron chi connectivity index (χ4n) is 4.02. The highest BCUT2D eigenvalue weighted by Gasteiger charge is 2.41. The van der Waals surface area contributed by atoms with E-state index in [1.165, 1.54) is 0 Å². The highest BCUT2D eigenvalue weighted by Crippen LogP contribution is 2.44. The number of ketones is 1. The van der Waals surface area contributed by atoms with Gasteiger partial charge in [-0.1, -0.05) is 12.1 Å². The quantitative estimate of drug-likeness (QED) is 0.792.